The number of hydrogen-bond donors (Lipinski definition) is 1. The second kappa shape index (κ2) is 11.3. The fourth-order valence-corrected chi connectivity index (χ4v) is 3.02. The lowest BCUT2D eigenvalue weighted by Gasteiger charge is -2.14. The number of non-ortho nitro benzene ring substituents is 1. The van der Waals surface area contributed by atoms with E-state index < -0.39 is 16.8 Å². The van der Waals surface area contributed by atoms with Gasteiger partial charge in [-0.3, -0.25) is 14.9 Å². The zero-order valence-corrected chi connectivity index (χ0v) is 19.0. The van der Waals surface area contributed by atoms with Crippen LogP contribution in [0.1, 0.15) is 26.3 Å². The van der Waals surface area contributed by atoms with Gasteiger partial charge in [0.2, 0.25) is 5.75 Å². The van der Waals surface area contributed by atoms with Crippen molar-refractivity contribution in [3.8, 4) is 23.0 Å². The summed E-state index contributed by atoms with van der Waals surface area (Å²) in [5.41, 5.74) is 2.61. The first-order valence-electron chi connectivity index (χ1n) is 10.1. The number of hydrogen-bond acceptors (Lipinski definition) is 9. The van der Waals surface area contributed by atoms with Gasteiger partial charge in [0.1, 0.15) is 5.75 Å². The summed E-state index contributed by atoms with van der Waals surface area (Å²) in [7, 11) is 4.24. The standard InChI is InChI=1S/C24H21N3O8/c1-32-20-12-16(13-21(33-2)22(20)34-3)24(29)35-19-10-9-18(27(30)31)11-17(19)14-25-26-23(28)15-7-5-4-6-8-15/h4-14H,1-3H3,(H,26,28)/b25-14+. The number of nitrogens with zero attached hydrogens (tertiary/aromatic N) is 2. The predicted octanol–water partition coefficient (Wildman–Crippen LogP) is 3.60. The number of amides is 1. The third-order valence-corrected chi connectivity index (χ3v) is 4.71. The highest BCUT2D eigenvalue weighted by Gasteiger charge is 2.20. The molecule has 3 aromatic rings. The molecule has 3 rings (SSSR count). The summed E-state index contributed by atoms with van der Waals surface area (Å²) < 4.78 is 21.2. The number of esters is 1. The Morgan fingerprint density at radius 3 is 2.11 bits per heavy atom. The van der Waals surface area contributed by atoms with Crippen LogP contribution in [0.3, 0.4) is 0 Å². The monoisotopic (exact) mass is 479 g/mol. The zero-order chi connectivity index (χ0) is 25.4. The first kappa shape index (κ1) is 24.7. The Kier molecular flexibility index (Phi) is 7.96. The smallest absolute Gasteiger partial charge is 0.343 e. The van der Waals surface area contributed by atoms with E-state index in [1.807, 2.05) is 0 Å². The van der Waals surface area contributed by atoms with Gasteiger partial charge in [0.05, 0.1) is 38.0 Å². The molecule has 0 aliphatic rings. The van der Waals surface area contributed by atoms with Gasteiger partial charge >= 0.3 is 5.97 Å². The average Bonchev–Trinajstić information content (AvgIpc) is 2.88. The third-order valence-electron chi connectivity index (χ3n) is 4.71. The highest BCUT2D eigenvalue weighted by molar-refractivity contribution is 5.96. The number of nitro benzene ring substituents is 1. The summed E-state index contributed by atoms with van der Waals surface area (Å²) in [6.45, 7) is 0. The lowest BCUT2D eigenvalue weighted by molar-refractivity contribution is -0.384. The van der Waals surface area contributed by atoms with Crippen LogP contribution in [0.4, 0.5) is 5.69 Å². The van der Waals surface area contributed by atoms with Crippen molar-refractivity contribution in [1.29, 1.82) is 0 Å². The maximum atomic E-state index is 12.9. The second-order valence-electron chi connectivity index (χ2n) is 6.85. The molecule has 0 saturated heterocycles. The van der Waals surface area contributed by atoms with Gasteiger partial charge in [-0.15, -0.1) is 0 Å². The van der Waals surface area contributed by atoms with E-state index in [1.165, 1.54) is 45.6 Å². The summed E-state index contributed by atoms with van der Waals surface area (Å²) >= 11 is 0. The lowest BCUT2D eigenvalue weighted by atomic mass is 10.1. The van der Waals surface area contributed by atoms with Crippen LogP contribution >= 0.6 is 0 Å². The number of methoxy groups -OCH3 is 3. The minimum atomic E-state index is -0.791. The fourth-order valence-electron chi connectivity index (χ4n) is 3.02. The molecule has 11 nitrogen and oxygen atoms in total. The van der Waals surface area contributed by atoms with Crippen molar-refractivity contribution in [2.45, 2.75) is 0 Å². The molecule has 0 aliphatic carbocycles. The van der Waals surface area contributed by atoms with E-state index in [0.717, 1.165) is 12.3 Å². The predicted molar refractivity (Wildman–Crippen MR) is 126 cm³/mol. The zero-order valence-electron chi connectivity index (χ0n) is 19.0. The van der Waals surface area contributed by atoms with Crippen molar-refractivity contribution in [1.82, 2.24) is 5.43 Å². The number of nitro groups is 1. The number of rotatable bonds is 9. The number of hydrazone groups is 1. The molecule has 0 fully saturated rings. The molecule has 1 N–H and O–H groups in total. The van der Waals surface area contributed by atoms with Gasteiger partial charge in [0.25, 0.3) is 11.6 Å². The minimum absolute atomic E-state index is 0.0212. The molecule has 0 bridgehead atoms. The number of benzene rings is 3. The molecule has 0 aromatic heterocycles. The van der Waals surface area contributed by atoms with Crippen molar-refractivity contribution in [3.05, 3.63) is 87.5 Å². The van der Waals surface area contributed by atoms with Gasteiger partial charge in [-0.2, -0.15) is 5.10 Å². The Morgan fingerprint density at radius 2 is 1.54 bits per heavy atom. The third kappa shape index (κ3) is 5.90. The molecule has 0 saturated carbocycles. The summed E-state index contributed by atoms with van der Waals surface area (Å²) in [6.07, 6.45) is 1.14. The van der Waals surface area contributed by atoms with E-state index >= 15 is 0 Å². The van der Waals surface area contributed by atoms with Crippen molar-refractivity contribution in [2.75, 3.05) is 21.3 Å². The quantitative estimate of drug-likeness (QED) is 0.161. The van der Waals surface area contributed by atoms with Crippen LogP contribution in [-0.4, -0.2) is 44.3 Å². The molecular formula is C24H21N3O8. The SMILES string of the molecule is COc1cc(C(=O)Oc2ccc([N+](=O)[O-])cc2/C=N/NC(=O)c2ccccc2)cc(OC)c1OC. The Bertz CT molecular complexity index is 1250. The Morgan fingerprint density at radius 1 is 0.886 bits per heavy atom. The van der Waals surface area contributed by atoms with Gasteiger partial charge in [0, 0.05) is 23.3 Å². The molecule has 0 radical (unpaired) electrons. The van der Waals surface area contributed by atoms with Crippen molar-refractivity contribution in [2.24, 2.45) is 5.10 Å². The normalized spacial score (nSPS) is 10.5. The van der Waals surface area contributed by atoms with Crippen molar-refractivity contribution in [3.63, 3.8) is 0 Å². The molecule has 3 aromatic carbocycles. The minimum Gasteiger partial charge on any atom is -0.493 e. The Balaban J connectivity index is 1.88. The molecule has 0 spiro atoms. The maximum Gasteiger partial charge on any atom is 0.343 e. The number of carbonyl (C=O) groups excluding carboxylic acids is 2. The molecule has 0 unspecified atom stereocenters. The van der Waals surface area contributed by atoms with Crippen LogP contribution in [0.5, 0.6) is 23.0 Å². The molecular weight excluding hydrogens is 458 g/mol. The van der Waals surface area contributed by atoms with Gasteiger partial charge < -0.3 is 18.9 Å². The van der Waals surface area contributed by atoms with Crippen LogP contribution in [-0.2, 0) is 0 Å². The Hall–Kier alpha value is -4.93. The topological polar surface area (TPSA) is 139 Å². The first-order chi connectivity index (χ1) is 16.9. The highest BCUT2D eigenvalue weighted by Crippen LogP contribution is 2.38. The number of ether oxygens (including phenoxy) is 4. The number of nitrogens with one attached hydrogen (secondary N) is 1. The van der Waals surface area contributed by atoms with Crippen LogP contribution in [0, 0.1) is 10.1 Å². The molecule has 35 heavy (non-hydrogen) atoms. The van der Waals surface area contributed by atoms with E-state index in [4.69, 9.17) is 18.9 Å². The summed E-state index contributed by atoms with van der Waals surface area (Å²) in [4.78, 5) is 35.7. The summed E-state index contributed by atoms with van der Waals surface area (Å²) in [6, 6.07) is 14.8. The molecule has 180 valence electrons. The average molecular weight is 479 g/mol. The molecule has 0 aliphatic heterocycles. The van der Waals surface area contributed by atoms with Crippen LogP contribution in [0.25, 0.3) is 0 Å². The van der Waals surface area contributed by atoms with Gasteiger partial charge in [-0.05, 0) is 30.3 Å². The molecule has 11 heteroatoms. The van der Waals surface area contributed by atoms with Crippen LogP contribution in [0.2, 0.25) is 0 Å². The van der Waals surface area contributed by atoms with Gasteiger partial charge in [-0.1, -0.05) is 18.2 Å². The van der Waals surface area contributed by atoms with E-state index in [-0.39, 0.29) is 34.1 Å². The summed E-state index contributed by atoms with van der Waals surface area (Å²) in [5.74, 6) is -0.513. The van der Waals surface area contributed by atoms with Gasteiger partial charge in [0.15, 0.2) is 11.5 Å². The summed E-state index contributed by atoms with van der Waals surface area (Å²) in [5, 5.41) is 15.1. The van der Waals surface area contributed by atoms with E-state index in [0.29, 0.717) is 11.3 Å². The van der Waals surface area contributed by atoms with Crippen molar-refractivity contribution < 1.29 is 33.5 Å². The van der Waals surface area contributed by atoms with E-state index in [9.17, 15) is 19.7 Å². The maximum absolute atomic E-state index is 12.9. The Labute approximate surface area is 200 Å². The van der Waals surface area contributed by atoms with Gasteiger partial charge in [-0.25, -0.2) is 10.2 Å². The molecule has 0 heterocycles. The largest absolute Gasteiger partial charge is 0.493 e. The van der Waals surface area contributed by atoms with Crippen LogP contribution < -0.4 is 24.4 Å². The van der Waals surface area contributed by atoms with E-state index in [1.54, 1.807) is 30.3 Å². The van der Waals surface area contributed by atoms with Crippen LogP contribution in [0.15, 0.2) is 65.8 Å². The molecule has 1 amide bonds. The first-order valence-corrected chi connectivity index (χ1v) is 10.1. The molecule has 0 atom stereocenters. The second-order valence-corrected chi connectivity index (χ2v) is 6.85. The van der Waals surface area contributed by atoms with Crippen molar-refractivity contribution >= 4 is 23.8 Å². The highest BCUT2D eigenvalue weighted by atomic mass is 16.6. The van der Waals surface area contributed by atoms with E-state index in [2.05, 4.69) is 10.5 Å². The fraction of sp³-hybridized carbons (Fsp3) is 0.125. The number of carbonyl (C=O) groups is 2. The lowest BCUT2D eigenvalue weighted by Crippen LogP contribution is -2.17.